The maximum Gasteiger partial charge on any atom is 0.446 e. The molecule has 1 aromatic rings. The second-order valence-corrected chi connectivity index (χ2v) is 17.1. The molecule has 4 N–H and O–H groups in total. The van der Waals surface area contributed by atoms with Crippen LogP contribution in [-0.2, 0) is 27.2 Å². The first-order valence-electron chi connectivity index (χ1n) is 16.9. The normalized spacial score (nSPS) is 25.6. The van der Waals surface area contributed by atoms with Gasteiger partial charge in [0.05, 0.1) is 11.7 Å². The van der Waals surface area contributed by atoms with Crippen molar-refractivity contribution in [2.45, 2.75) is 137 Å². The van der Waals surface area contributed by atoms with Gasteiger partial charge in [-0.1, -0.05) is 55.2 Å². The van der Waals surface area contributed by atoms with Crippen molar-refractivity contribution in [1.29, 1.82) is 0 Å². The van der Waals surface area contributed by atoms with Gasteiger partial charge in [0.2, 0.25) is 0 Å². The molecule has 0 bridgehead atoms. The van der Waals surface area contributed by atoms with Crippen LogP contribution in [0.2, 0.25) is 0 Å². The van der Waals surface area contributed by atoms with E-state index in [0.717, 1.165) is 51.0 Å². The predicted molar refractivity (Wildman–Crippen MR) is 188 cm³/mol. The second-order valence-electron chi connectivity index (χ2n) is 15.0. The van der Waals surface area contributed by atoms with Gasteiger partial charge in [0, 0.05) is 5.56 Å². The van der Waals surface area contributed by atoms with Crippen molar-refractivity contribution in [3.63, 3.8) is 0 Å². The van der Waals surface area contributed by atoms with Crippen molar-refractivity contribution in [2.75, 3.05) is 0 Å². The Hall–Kier alpha value is -2.22. The average molecular weight is 713 g/mol. The molecule has 48 heavy (non-hydrogen) atoms. The summed E-state index contributed by atoms with van der Waals surface area (Å²) in [6.45, 7) is 14.5. The van der Waals surface area contributed by atoms with E-state index in [2.05, 4.69) is 57.9 Å². The van der Waals surface area contributed by atoms with Gasteiger partial charge in [-0.15, -0.1) is 0 Å². The minimum atomic E-state index is -4.88. The molecule has 12 heteroatoms. The Morgan fingerprint density at radius 1 is 1.02 bits per heavy atom. The van der Waals surface area contributed by atoms with E-state index < -0.39 is 37.9 Å². The topological polar surface area (TPSA) is 168 Å². The molecule has 0 saturated heterocycles. The largest absolute Gasteiger partial charge is 0.446 e. The van der Waals surface area contributed by atoms with Crippen molar-refractivity contribution in [2.24, 2.45) is 16.7 Å². The fourth-order valence-electron chi connectivity index (χ4n) is 7.63. The summed E-state index contributed by atoms with van der Waals surface area (Å²) in [5.74, 6) is -0.225. The molecule has 3 rings (SSSR count). The van der Waals surface area contributed by atoms with Crippen LogP contribution in [0, 0.1) is 16.7 Å². The maximum atomic E-state index is 11.7. The summed E-state index contributed by atoms with van der Waals surface area (Å²) in [5.41, 5.74) is 3.53. The Labute approximate surface area is 288 Å². The van der Waals surface area contributed by atoms with E-state index in [0.29, 0.717) is 31.2 Å². The van der Waals surface area contributed by atoms with Gasteiger partial charge < -0.3 is 18.6 Å². The second kappa shape index (κ2) is 15.8. The first kappa shape index (κ1) is 40.2. The SMILES string of the molecule is CC(C)=CCC/C(C)=C/CCC(C)(O)C(O)CCC1(C)CCCC2=C1CCC(C)C2(C)Cc1cc(OS(=O)(=O)O)ccc1OS(=O)(=O)O. The fraction of sp³-hybridized carbons (Fsp3) is 0.667. The molecule has 0 spiro atoms. The molecule has 1 aromatic carbocycles. The Balaban J connectivity index is 1.84. The third-order valence-corrected chi connectivity index (χ3v) is 11.6. The van der Waals surface area contributed by atoms with Crippen molar-refractivity contribution >= 4 is 20.8 Å². The highest BCUT2D eigenvalue weighted by Crippen LogP contribution is 2.58. The van der Waals surface area contributed by atoms with Gasteiger partial charge in [-0.2, -0.15) is 16.8 Å². The van der Waals surface area contributed by atoms with Crippen LogP contribution in [0.1, 0.15) is 125 Å². The van der Waals surface area contributed by atoms with E-state index in [1.165, 1.54) is 34.4 Å². The minimum Gasteiger partial charge on any atom is -0.390 e. The van der Waals surface area contributed by atoms with Gasteiger partial charge in [-0.25, -0.2) is 0 Å². The number of benzene rings is 1. The molecule has 0 radical (unpaired) electrons. The van der Waals surface area contributed by atoms with Crippen LogP contribution in [0.4, 0.5) is 0 Å². The average Bonchev–Trinajstić information content (AvgIpc) is 2.94. The fourth-order valence-corrected chi connectivity index (χ4v) is 8.37. The van der Waals surface area contributed by atoms with Crippen molar-refractivity contribution in [3.05, 3.63) is 58.2 Å². The van der Waals surface area contributed by atoms with Crippen LogP contribution in [0.15, 0.2) is 52.6 Å². The van der Waals surface area contributed by atoms with Crippen LogP contribution in [0.3, 0.4) is 0 Å². The first-order chi connectivity index (χ1) is 22.0. The lowest BCUT2D eigenvalue weighted by Gasteiger charge is -2.51. The molecule has 5 unspecified atom stereocenters. The highest BCUT2D eigenvalue weighted by atomic mass is 32.3. The minimum absolute atomic E-state index is 0.160. The molecule has 2 aliphatic carbocycles. The summed E-state index contributed by atoms with van der Waals surface area (Å²) in [4.78, 5) is 0. The number of rotatable bonds is 16. The van der Waals surface area contributed by atoms with Crippen LogP contribution >= 0.6 is 0 Å². The summed E-state index contributed by atoms with van der Waals surface area (Å²) < 4.78 is 74.4. The molecule has 2 aliphatic rings. The summed E-state index contributed by atoms with van der Waals surface area (Å²) >= 11 is 0. The van der Waals surface area contributed by atoms with E-state index >= 15 is 0 Å². The van der Waals surface area contributed by atoms with E-state index in [1.54, 1.807) is 6.92 Å². The molecule has 0 amide bonds. The van der Waals surface area contributed by atoms with Gasteiger partial charge in [-0.3, -0.25) is 9.11 Å². The Kier molecular flexibility index (Phi) is 13.2. The predicted octanol–water partition coefficient (Wildman–Crippen LogP) is 7.88. The monoisotopic (exact) mass is 712 g/mol. The van der Waals surface area contributed by atoms with Gasteiger partial charge in [0.1, 0.15) is 11.5 Å². The van der Waals surface area contributed by atoms with Crippen LogP contribution in [0.25, 0.3) is 0 Å². The highest BCUT2D eigenvalue weighted by molar-refractivity contribution is 7.81. The number of allylic oxidation sites excluding steroid dienone is 6. The summed E-state index contributed by atoms with van der Waals surface area (Å²) in [5, 5.41) is 22.4. The molecular weight excluding hydrogens is 657 g/mol. The lowest BCUT2D eigenvalue weighted by molar-refractivity contribution is -0.0733. The van der Waals surface area contributed by atoms with E-state index in [9.17, 15) is 36.2 Å². The lowest BCUT2D eigenvalue weighted by atomic mass is 9.54. The molecule has 0 fully saturated rings. The smallest absolute Gasteiger partial charge is 0.390 e. The van der Waals surface area contributed by atoms with Gasteiger partial charge in [-0.05, 0) is 140 Å². The Morgan fingerprint density at radius 2 is 1.69 bits per heavy atom. The standard InChI is InChI=1S/C36H56O10S2/c1-25(2)11-8-12-26(3)13-9-21-36(7,38)33(37)19-22-34(5)20-10-14-31-30(34)17-15-27(4)35(31,6)24-28-23-29(45-47(39,40)41)16-18-32(28)46-48(42,43)44/h11,13,16,18,23,27,33,37-38H,8-10,12,14-15,17,19-22,24H2,1-7H3,(H,39,40,41)(H,42,43,44)/b26-13+. The third-order valence-electron chi connectivity index (χ3n) is 10.8. The van der Waals surface area contributed by atoms with Crippen molar-refractivity contribution in [1.82, 2.24) is 0 Å². The lowest BCUT2D eigenvalue weighted by Crippen LogP contribution is -2.42. The molecule has 5 atom stereocenters. The molecule has 0 aromatic heterocycles. The number of hydrogen-bond acceptors (Lipinski definition) is 8. The molecule has 0 heterocycles. The van der Waals surface area contributed by atoms with Gasteiger partial charge >= 0.3 is 20.8 Å². The molecular formula is C36H56O10S2. The van der Waals surface area contributed by atoms with Gasteiger partial charge in [0.25, 0.3) is 0 Å². The Morgan fingerprint density at radius 3 is 2.31 bits per heavy atom. The summed E-state index contributed by atoms with van der Waals surface area (Å²) in [6, 6.07) is 3.63. The van der Waals surface area contributed by atoms with Crippen LogP contribution < -0.4 is 8.37 Å². The third kappa shape index (κ3) is 11.1. The summed E-state index contributed by atoms with van der Waals surface area (Å²) in [7, 11) is -9.71. The van der Waals surface area contributed by atoms with Crippen molar-refractivity contribution < 1.29 is 44.5 Å². The zero-order chi connectivity index (χ0) is 36.1. The van der Waals surface area contributed by atoms with E-state index in [-0.39, 0.29) is 29.3 Å². The number of aliphatic hydroxyl groups is 2. The highest BCUT2D eigenvalue weighted by Gasteiger charge is 2.46. The quantitative estimate of drug-likeness (QED) is 0.0978. The van der Waals surface area contributed by atoms with Gasteiger partial charge in [0.15, 0.2) is 0 Å². The van der Waals surface area contributed by atoms with Crippen LogP contribution in [0.5, 0.6) is 11.5 Å². The van der Waals surface area contributed by atoms with E-state index in [4.69, 9.17) is 4.18 Å². The molecule has 10 nitrogen and oxygen atoms in total. The first-order valence-corrected chi connectivity index (χ1v) is 19.7. The number of aliphatic hydroxyl groups excluding tert-OH is 1. The summed E-state index contributed by atoms with van der Waals surface area (Å²) in [6.07, 6.45) is 12.4. The van der Waals surface area contributed by atoms with E-state index in [1.807, 2.05) is 0 Å². The Bertz CT molecular complexity index is 1600. The maximum absolute atomic E-state index is 11.7. The van der Waals surface area contributed by atoms with Crippen LogP contribution in [-0.4, -0.2) is 47.9 Å². The number of hydrogen-bond donors (Lipinski definition) is 4. The molecule has 272 valence electrons. The zero-order valence-electron chi connectivity index (χ0n) is 29.6. The molecule has 0 aliphatic heterocycles. The zero-order valence-corrected chi connectivity index (χ0v) is 31.2. The molecule has 0 saturated carbocycles. The van der Waals surface area contributed by atoms with Crippen molar-refractivity contribution in [3.8, 4) is 11.5 Å².